The van der Waals surface area contributed by atoms with Crippen LogP contribution in [-0.4, -0.2) is 44.7 Å². The van der Waals surface area contributed by atoms with E-state index in [4.69, 9.17) is 0 Å². The molecule has 2 aromatic rings. The number of hydrogen-bond acceptors (Lipinski definition) is 3. The molecule has 0 fully saturated rings. The summed E-state index contributed by atoms with van der Waals surface area (Å²) in [7, 11) is 3.46. The third-order valence-electron chi connectivity index (χ3n) is 4.03. The van der Waals surface area contributed by atoms with Gasteiger partial charge in [-0.3, -0.25) is 14.3 Å². The van der Waals surface area contributed by atoms with E-state index in [1.807, 2.05) is 40.7 Å². The minimum absolute atomic E-state index is 0.0261. The summed E-state index contributed by atoms with van der Waals surface area (Å²) in [6.45, 7) is 0.986. The van der Waals surface area contributed by atoms with Crippen LogP contribution in [0.1, 0.15) is 28.6 Å². The summed E-state index contributed by atoms with van der Waals surface area (Å²) < 4.78 is 3.66. The number of aryl methyl sites for hydroxylation is 1. The van der Waals surface area contributed by atoms with Crippen molar-refractivity contribution in [3.63, 3.8) is 0 Å². The minimum atomic E-state index is -0.136. The Morgan fingerprint density at radius 2 is 2.23 bits per heavy atom. The molecule has 1 unspecified atom stereocenters. The lowest BCUT2D eigenvalue weighted by molar-refractivity contribution is -0.121. The summed E-state index contributed by atoms with van der Waals surface area (Å²) in [6.07, 6.45) is 3.87. The van der Waals surface area contributed by atoms with Gasteiger partial charge < -0.3 is 14.8 Å². The first-order chi connectivity index (χ1) is 10.6. The first kappa shape index (κ1) is 14.4. The number of hydrogen-bond donors (Lipinski definition) is 1. The van der Waals surface area contributed by atoms with Crippen LogP contribution in [0.4, 0.5) is 0 Å². The van der Waals surface area contributed by atoms with E-state index >= 15 is 0 Å². The van der Waals surface area contributed by atoms with E-state index in [1.165, 1.54) is 0 Å². The number of aromatic nitrogens is 3. The molecule has 3 heterocycles. The molecule has 116 valence electrons. The number of nitrogens with zero attached hydrogens (tertiary/aromatic N) is 4. The second-order valence-corrected chi connectivity index (χ2v) is 5.49. The van der Waals surface area contributed by atoms with E-state index < -0.39 is 0 Å². The van der Waals surface area contributed by atoms with Crippen LogP contribution in [0.25, 0.3) is 0 Å². The Labute approximate surface area is 128 Å². The van der Waals surface area contributed by atoms with Crippen molar-refractivity contribution in [3.05, 3.63) is 42.0 Å². The van der Waals surface area contributed by atoms with Crippen LogP contribution in [0, 0.1) is 0 Å². The summed E-state index contributed by atoms with van der Waals surface area (Å²) in [5.41, 5.74) is 1.59. The molecule has 0 radical (unpaired) electrons. The summed E-state index contributed by atoms with van der Waals surface area (Å²) in [5.74, 6) is -0.0820. The molecule has 0 aliphatic carbocycles. The van der Waals surface area contributed by atoms with Gasteiger partial charge in [0, 0.05) is 33.0 Å². The maximum absolute atomic E-state index is 12.7. The molecule has 0 saturated heterocycles. The van der Waals surface area contributed by atoms with Crippen LogP contribution in [-0.2, 0) is 18.4 Å². The summed E-state index contributed by atoms with van der Waals surface area (Å²) in [6, 6.07) is 5.41. The lowest BCUT2D eigenvalue weighted by Gasteiger charge is -2.33. The Morgan fingerprint density at radius 1 is 1.41 bits per heavy atom. The standard InChI is InChI=1S/C15H19N5O2/c1-16-14(21)8-12-10-19(9-11-5-6-17-20(11)12)15(22)13-4-3-7-18(13)2/h3-7,12H,8-10H2,1-2H3,(H,16,21). The second-order valence-electron chi connectivity index (χ2n) is 5.49. The van der Waals surface area contributed by atoms with Gasteiger partial charge in [0.1, 0.15) is 5.69 Å². The number of carbonyl (C=O) groups excluding carboxylic acids is 2. The van der Waals surface area contributed by atoms with Gasteiger partial charge in [-0.25, -0.2) is 0 Å². The molecule has 2 aromatic heterocycles. The second kappa shape index (κ2) is 5.67. The van der Waals surface area contributed by atoms with E-state index in [9.17, 15) is 9.59 Å². The topological polar surface area (TPSA) is 72.2 Å². The smallest absolute Gasteiger partial charge is 0.270 e. The Kier molecular flexibility index (Phi) is 3.70. The number of fused-ring (bicyclic) bond motifs is 1. The fourth-order valence-electron chi connectivity index (χ4n) is 2.85. The van der Waals surface area contributed by atoms with Crippen molar-refractivity contribution in [2.24, 2.45) is 7.05 Å². The Hall–Kier alpha value is -2.57. The van der Waals surface area contributed by atoms with Gasteiger partial charge in [0.05, 0.1) is 24.7 Å². The van der Waals surface area contributed by atoms with Crippen molar-refractivity contribution >= 4 is 11.8 Å². The van der Waals surface area contributed by atoms with Gasteiger partial charge in [-0.1, -0.05) is 0 Å². The summed E-state index contributed by atoms with van der Waals surface area (Å²) in [5, 5.41) is 6.92. The molecular weight excluding hydrogens is 282 g/mol. The summed E-state index contributed by atoms with van der Waals surface area (Å²) >= 11 is 0. The van der Waals surface area contributed by atoms with Gasteiger partial charge in [-0.2, -0.15) is 5.10 Å². The van der Waals surface area contributed by atoms with Crippen LogP contribution in [0.15, 0.2) is 30.6 Å². The third kappa shape index (κ3) is 2.49. The molecular formula is C15H19N5O2. The Bertz CT molecular complexity index is 702. The first-order valence-electron chi connectivity index (χ1n) is 7.23. The van der Waals surface area contributed by atoms with Crippen LogP contribution >= 0.6 is 0 Å². The fraction of sp³-hybridized carbons (Fsp3) is 0.400. The number of carbonyl (C=O) groups is 2. The third-order valence-corrected chi connectivity index (χ3v) is 4.03. The highest BCUT2D eigenvalue weighted by atomic mass is 16.2. The molecule has 0 aromatic carbocycles. The van der Waals surface area contributed by atoms with Crippen molar-refractivity contribution < 1.29 is 9.59 Å². The highest BCUT2D eigenvalue weighted by molar-refractivity contribution is 5.92. The molecule has 1 N–H and O–H groups in total. The number of rotatable bonds is 3. The maximum atomic E-state index is 12.7. The van der Waals surface area contributed by atoms with Gasteiger partial charge in [0.25, 0.3) is 5.91 Å². The van der Waals surface area contributed by atoms with Crippen LogP contribution in [0.5, 0.6) is 0 Å². The average Bonchev–Trinajstić information content (AvgIpc) is 3.14. The van der Waals surface area contributed by atoms with E-state index in [2.05, 4.69) is 10.4 Å². The summed E-state index contributed by atoms with van der Waals surface area (Å²) in [4.78, 5) is 26.2. The number of amides is 2. The van der Waals surface area contributed by atoms with Crippen LogP contribution in [0.2, 0.25) is 0 Å². The monoisotopic (exact) mass is 301 g/mol. The molecule has 1 atom stereocenters. The van der Waals surface area contributed by atoms with E-state index in [0.717, 1.165) is 5.69 Å². The number of nitrogens with one attached hydrogen (secondary N) is 1. The molecule has 3 rings (SSSR count). The lowest BCUT2D eigenvalue weighted by Crippen LogP contribution is -2.43. The quantitative estimate of drug-likeness (QED) is 0.900. The maximum Gasteiger partial charge on any atom is 0.270 e. The highest BCUT2D eigenvalue weighted by Gasteiger charge is 2.30. The first-order valence-corrected chi connectivity index (χ1v) is 7.23. The van der Waals surface area contributed by atoms with Gasteiger partial charge >= 0.3 is 0 Å². The molecule has 22 heavy (non-hydrogen) atoms. The molecule has 7 heteroatoms. The highest BCUT2D eigenvalue weighted by Crippen LogP contribution is 2.24. The van der Waals surface area contributed by atoms with Crippen molar-refractivity contribution in [1.29, 1.82) is 0 Å². The van der Waals surface area contributed by atoms with Crippen molar-refractivity contribution in [1.82, 2.24) is 24.6 Å². The average molecular weight is 301 g/mol. The lowest BCUT2D eigenvalue weighted by atomic mass is 10.1. The Balaban J connectivity index is 1.85. The van der Waals surface area contributed by atoms with Gasteiger partial charge in [-0.05, 0) is 18.2 Å². The van der Waals surface area contributed by atoms with Gasteiger partial charge in [0.2, 0.25) is 5.91 Å². The zero-order valence-corrected chi connectivity index (χ0v) is 12.7. The molecule has 2 amide bonds. The zero-order chi connectivity index (χ0) is 15.7. The zero-order valence-electron chi connectivity index (χ0n) is 12.7. The van der Waals surface area contributed by atoms with Gasteiger partial charge in [0.15, 0.2) is 0 Å². The Morgan fingerprint density at radius 3 is 2.91 bits per heavy atom. The fourth-order valence-corrected chi connectivity index (χ4v) is 2.85. The molecule has 0 spiro atoms. The van der Waals surface area contributed by atoms with Crippen molar-refractivity contribution in [2.75, 3.05) is 13.6 Å². The minimum Gasteiger partial charge on any atom is -0.359 e. The molecule has 0 saturated carbocycles. The van der Waals surface area contributed by atoms with E-state index in [0.29, 0.717) is 25.2 Å². The molecule has 1 aliphatic rings. The van der Waals surface area contributed by atoms with Crippen LogP contribution in [0.3, 0.4) is 0 Å². The molecule has 0 bridgehead atoms. The van der Waals surface area contributed by atoms with Crippen molar-refractivity contribution in [2.45, 2.75) is 19.0 Å². The van der Waals surface area contributed by atoms with Crippen molar-refractivity contribution in [3.8, 4) is 0 Å². The van der Waals surface area contributed by atoms with E-state index in [-0.39, 0.29) is 17.9 Å². The normalized spacial score (nSPS) is 17.2. The SMILES string of the molecule is CNC(=O)CC1CN(C(=O)c2cccn2C)Cc2ccnn21. The van der Waals surface area contributed by atoms with Gasteiger partial charge in [-0.15, -0.1) is 0 Å². The van der Waals surface area contributed by atoms with E-state index in [1.54, 1.807) is 18.1 Å². The predicted molar refractivity (Wildman–Crippen MR) is 80.1 cm³/mol. The molecule has 1 aliphatic heterocycles. The van der Waals surface area contributed by atoms with Crippen LogP contribution < -0.4 is 5.32 Å². The largest absolute Gasteiger partial charge is 0.359 e. The molecule has 7 nitrogen and oxygen atoms in total. The predicted octanol–water partition coefficient (Wildman–Crippen LogP) is 0.555.